The van der Waals surface area contributed by atoms with Gasteiger partial charge in [0.25, 0.3) is 11.8 Å². The molecule has 0 unspecified atom stereocenters. The molecule has 1 aromatic carbocycles. The summed E-state index contributed by atoms with van der Waals surface area (Å²) >= 11 is 1.48. The van der Waals surface area contributed by atoms with E-state index in [2.05, 4.69) is 20.5 Å². The van der Waals surface area contributed by atoms with E-state index >= 15 is 0 Å². The highest BCUT2D eigenvalue weighted by atomic mass is 32.1. The summed E-state index contributed by atoms with van der Waals surface area (Å²) in [6.07, 6.45) is 0. The molecule has 1 N–H and O–H groups in total. The first-order valence-electron chi connectivity index (χ1n) is 6.86. The van der Waals surface area contributed by atoms with Crippen molar-refractivity contribution in [1.82, 2.24) is 15.2 Å². The molecule has 0 bridgehead atoms. The molecule has 118 valence electrons. The molecule has 0 atom stereocenters. The van der Waals surface area contributed by atoms with Gasteiger partial charge in [0, 0.05) is 5.38 Å². The number of hydrogen-bond donors (Lipinski definition) is 1. The van der Waals surface area contributed by atoms with Gasteiger partial charge in [0.1, 0.15) is 11.4 Å². The first kappa shape index (κ1) is 15.2. The van der Waals surface area contributed by atoms with Gasteiger partial charge in [-0.3, -0.25) is 10.1 Å². The van der Waals surface area contributed by atoms with Crippen LogP contribution in [0.2, 0.25) is 0 Å². The standard InChI is InChI=1S/C15H14N4O3S/c1-9-5-3-4-6-12(9)21-7-13(20)17-15-19-18-14(22-15)11-8-23-10(2)16-11/h3-6,8H,7H2,1-2H3,(H,17,19,20). The average molecular weight is 330 g/mol. The molecule has 0 saturated carbocycles. The van der Waals surface area contributed by atoms with E-state index in [1.807, 2.05) is 37.4 Å². The molecule has 0 fully saturated rings. The summed E-state index contributed by atoms with van der Waals surface area (Å²) in [7, 11) is 0. The zero-order chi connectivity index (χ0) is 16.2. The predicted molar refractivity (Wildman–Crippen MR) is 85.4 cm³/mol. The Kier molecular flexibility index (Phi) is 4.33. The van der Waals surface area contributed by atoms with E-state index in [1.165, 1.54) is 11.3 Å². The van der Waals surface area contributed by atoms with E-state index in [9.17, 15) is 4.79 Å². The van der Waals surface area contributed by atoms with Gasteiger partial charge in [-0.1, -0.05) is 23.3 Å². The van der Waals surface area contributed by atoms with Crippen LogP contribution < -0.4 is 10.1 Å². The molecule has 2 heterocycles. The summed E-state index contributed by atoms with van der Waals surface area (Å²) in [5.41, 5.74) is 1.55. The fourth-order valence-corrected chi connectivity index (χ4v) is 2.44. The third-order valence-electron chi connectivity index (χ3n) is 2.96. The van der Waals surface area contributed by atoms with E-state index in [4.69, 9.17) is 9.15 Å². The summed E-state index contributed by atoms with van der Waals surface area (Å²) < 4.78 is 10.8. The second kappa shape index (κ2) is 6.57. The summed E-state index contributed by atoms with van der Waals surface area (Å²) in [5.74, 6) is 0.550. The SMILES string of the molecule is Cc1nc(-c2nnc(NC(=O)COc3ccccc3C)o2)cs1. The third kappa shape index (κ3) is 3.72. The number of carbonyl (C=O) groups is 1. The second-order valence-electron chi connectivity index (χ2n) is 4.77. The normalized spacial score (nSPS) is 10.5. The highest BCUT2D eigenvalue weighted by Gasteiger charge is 2.14. The summed E-state index contributed by atoms with van der Waals surface area (Å²) in [4.78, 5) is 16.1. The largest absolute Gasteiger partial charge is 0.483 e. The van der Waals surface area contributed by atoms with Crippen LogP contribution in [0, 0.1) is 13.8 Å². The molecule has 0 radical (unpaired) electrons. The van der Waals surface area contributed by atoms with E-state index in [0.717, 1.165) is 10.6 Å². The van der Waals surface area contributed by atoms with Crippen molar-refractivity contribution in [2.24, 2.45) is 0 Å². The number of nitrogens with one attached hydrogen (secondary N) is 1. The maximum Gasteiger partial charge on any atom is 0.322 e. The molecule has 2 aromatic heterocycles. The Balaban J connectivity index is 1.58. The molecular formula is C15H14N4O3S. The lowest BCUT2D eigenvalue weighted by Gasteiger charge is -2.07. The highest BCUT2D eigenvalue weighted by Crippen LogP contribution is 2.21. The van der Waals surface area contributed by atoms with Crippen LogP contribution in [0.1, 0.15) is 10.6 Å². The van der Waals surface area contributed by atoms with Gasteiger partial charge in [-0.15, -0.1) is 16.4 Å². The minimum atomic E-state index is -0.377. The van der Waals surface area contributed by atoms with Gasteiger partial charge >= 0.3 is 6.01 Å². The summed E-state index contributed by atoms with van der Waals surface area (Å²) in [5, 5.41) is 12.8. The Morgan fingerprint density at radius 3 is 2.87 bits per heavy atom. The van der Waals surface area contributed by atoms with E-state index in [-0.39, 0.29) is 24.4 Å². The first-order chi connectivity index (χ1) is 11.1. The number of carbonyl (C=O) groups excluding carboxylic acids is 1. The average Bonchev–Trinajstić information content (AvgIpc) is 3.15. The van der Waals surface area contributed by atoms with Crippen molar-refractivity contribution >= 4 is 23.3 Å². The topological polar surface area (TPSA) is 90.1 Å². The Morgan fingerprint density at radius 2 is 2.13 bits per heavy atom. The number of amides is 1. The Bertz CT molecular complexity index is 828. The number of anilines is 1. The molecule has 3 aromatic rings. The van der Waals surface area contributed by atoms with Crippen LogP contribution in [0.4, 0.5) is 6.01 Å². The molecule has 7 nitrogen and oxygen atoms in total. The quantitative estimate of drug-likeness (QED) is 0.773. The molecule has 0 spiro atoms. The number of para-hydroxylation sites is 1. The maximum atomic E-state index is 11.9. The van der Waals surface area contributed by atoms with Gasteiger partial charge in [-0.2, -0.15) is 0 Å². The molecule has 0 aliphatic heterocycles. The fraction of sp³-hybridized carbons (Fsp3) is 0.200. The molecule has 0 aliphatic carbocycles. The van der Waals surface area contributed by atoms with Crippen molar-refractivity contribution in [2.75, 3.05) is 11.9 Å². The van der Waals surface area contributed by atoms with Crippen molar-refractivity contribution < 1.29 is 13.9 Å². The van der Waals surface area contributed by atoms with Crippen LogP contribution >= 0.6 is 11.3 Å². The lowest BCUT2D eigenvalue weighted by atomic mass is 10.2. The summed E-state index contributed by atoms with van der Waals surface area (Å²) in [6.45, 7) is 3.65. The number of nitrogens with zero attached hydrogens (tertiary/aromatic N) is 3. The molecule has 8 heteroatoms. The number of thiazole rings is 1. The van der Waals surface area contributed by atoms with Crippen molar-refractivity contribution in [3.8, 4) is 17.3 Å². The van der Waals surface area contributed by atoms with Crippen LogP contribution in [0.25, 0.3) is 11.6 Å². The smallest absolute Gasteiger partial charge is 0.322 e. The van der Waals surface area contributed by atoms with Crippen LogP contribution in [-0.2, 0) is 4.79 Å². The molecule has 23 heavy (non-hydrogen) atoms. The predicted octanol–water partition coefficient (Wildman–Crippen LogP) is 2.83. The number of aromatic nitrogens is 3. The van der Waals surface area contributed by atoms with Gasteiger partial charge in [-0.25, -0.2) is 4.98 Å². The maximum absolute atomic E-state index is 11.9. The van der Waals surface area contributed by atoms with Gasteiger partial charge in [0.2, 0.25) is 0 Å². The fourth-order valence-electron chi connectivity index (χ4n) is 1.86. The van der Waals surface area contributed by atoms with Gasteiger partial charge in [0.05, 0.1) is 5.01 Å². The number of hydrogen-bond acceptors (Lipinski definition) is 7. The molecular weight excluding hydrogens is 316 g/mol. The number of ether oxygens (including phenoxy) is 1. The highest BCUT2D eigenvalue weighted by molar-refractivity contribution is 7.09. The van der Waals surface area contributed by atoms with Crippen LogP contribution in [0.3, 0.4) is 0 Å². The minimum absolute atomic E-state index is 0.0176. The van der Waals surface area contributed by atoms with Gasteiger partial charge < -0.3 is 9.15 Å². The van der Waals surface area contributed by atoms with E-state index in [1.54, 1.807) is 6.07 Å². The monoisotopic (exact) mass is 330 g/mol. The molecule has 1 amide bonds. The third-order valence-corrected chi connectivity index (χ3v) is 3.74. The van der Waals surface area contributed by atoms with E-state index in [0.29, 0.717) is 11.4 Å². The Morgan fingerprint density at radius 1 is 1.30 bits per heavy atom. The lowest BCUT2D eigenvalue weighted by Crippen LogP contribution is -2.20. The Labute approximate surface area is 136 Å². The Hall–Kier alpha value is -2.74. The summed E-state index contributed by atoms with van der Waals surface area (Å²) in [6, 6.07) is 7.48. The van der Waals surface area contributed by atoms with Crippen molar-refractivity contribution in [3.05, 3.63) is 40.2 Å². The van der Waals surface area contributed by atoms with Crippen molar-refractivity contribution in [2.45, 2.75) is 13.8 Å². The molecule has 3 rings (SSSR count). The van der Waals surface area contributed by atoms with Crippen LogP contribution in [-0.4, -0.2) is 27.7 Å². The zero-order valence-corrected chi connectivity index (χ0v) is 13.4. The molecule has 0 saturated heterocycles. The lowest BCUT2D eigenvalue weighted by molar-refractivity contribution is -0.118. The van der Waals surface area contributed by atoms with Gasteiger partial charge in [0.15, 0.2) is 6.61 Å². The number of rotatable bonds is 5. The van der Waals surface area contributed by atoms with Crippen LogP contribution in [0.5, 0.6) is 5.75 Å². The molecule has 0 aliphatic rings. The first-order valence-corrected chi connectivity index (χ1v) is 7.74. The minimum Gasteiger partial charge on any atom is -0.483 e. The second-order valence-corrected chi connectivity index (χ2v) is 5.83. The van der Waals surface area contributed by atoms with Crippen molar-refractivity contribution in [1.29, 1.82) is 0 Å². The number of benzene rings is 1. The van der Waals surface area contributed by atoms with E-state index < -0.39 is 0 Å². The van der Waals surface area contributed by atoms with Crippen LogP contribution in [0.15, 0.2) is 34.1 Å². The van der Waals surface area contributed by atoms with Crippen molar-refractivity contribution in [3.63, 3.8) is 0 Å². The number of aryl methyl sites for hydroxylation is 2. The zero-order valence-electron chi connectivity index (χ0n) is 12.6. The van der Waals surface area contributed by atoms with Gasteiger partial charge in [-0.05, 0) is 25.5 Å².